The molecule has 120 valence electrons. The molecule has 0 amide bonds. The van der Waals surface area contributed by atoms with Crippen molar-refractivity contribution in [3.8, 4) is 0 Å². The summed E-state index contributed by atoms with van der Waals surface area (Å²) in [6.45, 7) is 9.85. The molecule has 0 radical (unpaired) electrons. The smallest absolute Gasteiger partial charge is 0.191 e. The average Bonchev–Trinajstić information content (AvgIpc) is 2.66. The normalized spacial score (nSPS) is 23.2. The molecule has 2 atom stereocenters. The third-order valence-electron chi connectivity index (χ3n) is 3.54. The summed E-state index contributed by atoms with van der Waals surface area (Å²) < 4.78 is 22.8. The summed E-state index contributed by atoms with van der Waals surface area (Å²) in [5.74, 6) is 2.09. The Morgan fingerprint density at radius 2 is 2.00 bits per heavy atom. The summed E-state index contributed by atoms with van der Waals surface area (Å²) in [5, 5.41) is 6.55. The summed E-state index contributed by atoms with van der Waals surface area (Å²) in [6.07, 6.45) is 0.741. The van der Waals surface area contributed by atoms with Crippen molar-refractivity contribution in [2.45, 2.75) is 40.2 Å². The zero-order chi connectivity index (χ0) is 14.5. The Balaban J connectivity index is 0.00000361. The van der Waals surface area contributed by atoms with Crippen molar-refractivity contribution in [2.24, 2.45) is 16.8 Å². The van der Waals surface area contributed by atoms with Gasteiger partial charge in [0.05, 0.1) is 11.5 Å². The molecule has 0 aromatic carbocycles. The maximum absolute atomic E-state index is 11.4. The van der Waals surface area contributed by atoms with Gasteiger partial charge in [0.15, 0.2) is 15.8 Å². The van der Waals surface area contributed by atoms with Gasteiger partial charge >= 0.3 is 0 Å². The number of nitrogens with one attached hydrogen (secondary N) is 2. The first-order valence-corrected chi connectivity index (χ1v) is 8.91. The summed E-state index contributed by atoms with van der Waals surface area (Å²) in [7, 11) is -2.80. The molecular weight excluding hydrogens is 389 g/mol. The fourth-order valence-corrected chi connectivity index (χ4v) is 3.79. The first-order valence-electron chi connectivity index (χ1n) is 7.09. The van der Waals surface area contributed by atoms with Crippen LogP contribution in [0.1, 0.15) is 34.1 Å². The molecule has 5 nitrogen and oxygen atoms in total. The first-order chi connectivity index (χ1) is 8.84. The maximum atomic E-state index is 11.4. The van der Waals surface area contributed by atoms with Crippen molar-refractivity contribution in [3.63, 3.8) is 0 Å². The van der Waals surface area contributed by atoms with Crippen molar-refractivity contribution in [1.29, 1.82) is 0 Å². The first kappa shape index (κ1) is 19.9. The number of hydrogen-bond acceptors (Lipinski definition) is 3. The Kier molecular flexibility index (Phi) is 9.04. The number of sulfone groups is 1. The van der Waals surface area contributed by atoms with Crippen molar-refractivity contribution in [2.75, 3.05) is 24.6 Å². The monoisotopic (exact) mass is 417 g/mol. The molecular formula is C13H28IN3O2S. The average molecular weight is 417 g/mol. The summed E-state index contributed by atoms with van der Waals surface area (Å²) in [4.78, 5) is 4.51. The van der Waals surface area contributed by atoms with Crippen molar-refractivity contribution < 1.29 is 8.42 Å². The van der Waals surface area contributed by atoms with Crippen LogP contribution in [0.2, 0.25) is 0 Å². The van der Waals surface area contributed by atoms with Gasteiger partial charge in [-0.1, -0.05) is 13.8 Å². The van der Waals surface area contributed by atoms with Crippen molar-refractivity contribution in [1.82, 2.24) is 10.6 Å². The Morgan fingerprint density at radius 3 is 2.45 bits per heavy atom. The molecule has 0 aromatic rings. The molecule has 2 unspecified atom stereocenters. The van der Waals surface area contributed by atoms with E-state index >= 15 is 0 Å². The highest BCUT2D eigenvalue weighted by Crippen LogP contribution is 2.18. The summed E-state index contributed by atoms with van der Waals surface area (Å²) in [6, 6.07) is 0.338. The van der Waals surface area contributed by atoms with Gasteiger partial charge in [-0.25, -0.2) is 8.42 Å². The highest BCUT2D eigenvalue weighted by Gasteiger charge is 2.27. The molecule has 1 saturated heterocycles. The van der Waals surface area contributed by atoms with E-state index in [0.717, 1.165) is 18.9 Å². The molecule has 7 heteroatoms. The highest BCUT2D eigenvalue weighted by atomic mass is 127. The van der Waals surface area contributed by atoms with E-state index in [4.69, 9.17) is 0 Å². The Bertz CT molecular complexity index is 410. The Hall–Kier alpha value is -0.0500. The molecule has 0 bridgehead atoms. The third-order valence-corrected chi connectivity index (χ3v) is 5.38. The van der Waals surface area contributed by atoms with Gasteiger partial charge in [0.1, 0.15) is 0 Å². The minimum absolute atomic E-state index is 0. The van der Waals surface area contributed by atoms with Crippen LogP contribution in [-0.2, 0) is 9.84 Å². The third kappa shape index (κ3) is 7.10. The van der Waals surface area contributed by atoms with E-state index in [0.29, 0.717) is 24.3 Å². The van der Waals surface area contributed by atoms with Crippen LogP contribution in [0.15, 0.2) is 4.99 Å². The predicted octanol–water partition coefficient (Wildman–Crippen LogP) is 1.64. The molecule has 20 heavy (non-hydrogen) atoms. The summed E-state index contributed by atoms with van der Waals surface area (Å²) >= 11 is 0. The van der Waals surface area contributed by atoms with Crippen LogP contribution in [0.3, 0.4) is 0 Å². The molecule has 1 rings (SSSR count). The topological polar surface area (TPSA) is 70.6 Å². The second kappa shape index (κ2) is 9.07. The van der Waals surface area contributed by atoms with Crippen LogP contribution in [0.4, 0.5) is 0 Å². The lowest BCUT2D eigenvalue weighted by Crippen LogP contribution is -2.44. The standard InChI is InChI=1S/C13H27N3O2S.HI/c1-5-14-13(16-11(4)10(2)3)15-8-12-6-7-19(17,18)9-12;/h10-12H,5-9H2,1-4H3,(H2,14,15,16);1H. The maximum Gasteiger partial charge on any atom is 0.191 e. The zero-order valence-corrected chi connectivity index (χ0v) is 16.0. The van der Waals surface area contributed by atoms with Crippen LogP contribution < -0.4 is 10.6 Å². The number of halogens is 1. The van der Waals surface area contributed by atoms with Gasteiger partial charge in [0.2, 0.25) is 0 Å². The fraction of sp³-hybridized carbons (Fsp3) is 0.923. The number of hydrogen-bond donors (Lipinski definition) is 2. The highest BCUT2D eigenvalue weighted by molar-refractivity contribution is 14.0. The molecule has 0 saturated carbocycles. The minimum atomic E-state index is -2.80. The van der Waals surface area contributed by atoms with Gasteiger partial charge < -0.3 is 10.6 Å². The van der Waals surface area contributed by atoms with Crippen LogP contribution >= 0.6 is 24.0 Å². The minimum Gasteiger partial charge on any atom is -0.357 e. The molecule has 1 aliphatic heterocycles. The zero-order valence-electron chi connectivity index (χ0n) is 12.8. The van der Waals surface area contributed by atoms with E-state index in [1.807, 2.05) is 6.92 Å². The summed E-state index contributed by atoms with van der Waals surface area (Å²) in [5.41, 5.74) is 0. The van der Waals surface area contributed by atoms with E-state index in [9.17, 15) is 8.42 Å². The van der Waals surface area contributed by atoms with Crippen molar-refractivity contribution in [3.05, 3.63) is 0 Å². The fourth-order valence-electron chi connectivity index (χ4n) is 1.94. The SMILES string of the molecule is CCNC(=NCC1CCS(=O)(=O)C1)NC(C)C(C)C.I. The van der Waals surface area contributed by atoms with Gasteiger partial charge in [-0.2, -0.15) is 0 Å². The van der Waals surface area contributed by atoms with Crippen LogP contribution in [-0.4, -0.2) is 45.0 Å². The number of guanidine groups is 1. The molecule has 0 aliphatic carbocycles. The second-order valence-electron chi connectivity index (χ2n) is 5.67. The van der Waals surface area contributed by atoms with E-state index in [1.165, 1.54) is 0 Å². The number of aliphatic imine (C=N–C) groups is 1. The van der Waals surface area contributed by atoms with E-state index in [2.05, 4.69) is 36.4 Å². The lowest BCUT2D eigenvalue weighted by molar-refractivity contribution is 0.479. The van der Waals surface area contributed by atoms with Gasteiger partial charge in [-0.15, -0.1) is 24.0 Å². The molecule has 1 heterocycles. The lowest BCUT2D eigenvalue weighted by atomic mass is 10.1. The lowest BCUT2D eigenvalue weighted by Gasteiger charge is -2.21. The molecule has 2 N–H and O–H groups in total. The Morgan fingerprint density at radius 1 is 1.35 bits per heavy atom. The largest absolute Gasteiger partial charge is 0.357 e. The van der Waals surface area contributed by atoms with E-state index < -0.39 is 9.84 Å². The number of nitrogens with zero attached hydrogens (tertiary/aromatic N) is 1. The quantitative estimate of drug-likeness (QED) is 0.406. The van der Waals surface area contributed by atoms with Gasteiger partial charge in [0.25, 0.3) is 0 Å². The van der Waals surface area contributed by atoms with E-state index in [1.54, 1.807) is 0 Å². The van der Waals surface area contributed by atoms with Gasteiger partial charge in [0, 0.05) is 19.1 Å². The van der Waals surface area contributed by atoms with Crippen molar-refractivity contribution >= 4 is 39.8 Å². The Labute approximate surface area is 140 Å². The van der Waals surface area contributed by atoms with Gasteiger partial charge in [-0.3, -0.25) is 4.99 Å². The van der Waals surface area contributed by atoms with E-state index in [-0.39, 0.29) is 35.6 Å². The molecule has 1 fully saturated rings. The molecule has 0 spiro atoms. The number of rotatable bonds is 5. The molecule has 1 aliphatic rings. The molecule has 0 aromatic heterocycles. The van der Waals surface area contributed by atoms with Crippen LogP contribution in [0.5, 0.6) is 0 Å². The van der Waals surface area contributed by atoms with Gasteiger partial charge in [-0.05, 0) is 32.1 Å². The van der Waals surface area contributed by atoms with Crippen LogP contribution in [0, 0.1) is 11.8 Å². The predicted molar refractivity (Wildman–Crippen MR) is 95.6 cm³/mol. The van der Waals surface area contributed by atoms with Crippen LogP contribution in [0.25, 0.3) is 0 Å². The second-order valence-corrected chi connectivity index (χ2v) is 7.89.